The first kappa shape index (κ1) is 15.1. The van der Waals surface area contributed by atoms with Crippen LogP contribution >= 0.6 is 34.5 Å². The van der Waals surface area contributed by atoms with Gasteiger partial charge in [0, 0.05) is 38.3 Å². The van der Waals surface area contributed by atoms with E-state index in [9.17, 15) is 4.79 Å². The van der Waals surface area contributed by atoms with E-state index in [0.717, 1.165) is 18.7 Å². The Hall–Kier alpha value is -0.330. The van der Waals surface area contributed by atoms with Gasteiger partial charge < -0.3 is 10.6 Å². The Morgan fingerprint density at radius 1 is 1.63 bits per heavy atom. The first-order valence-electron chi connectivity index (χ1n) is 6.17. The molecule has 1 aliphatic heterocycles. The van der Waals surface area contributed by atoms with E-state index >= 15 is 0 Å². The lowest BCUT2D eigenvalue weighted by molar-refractivity contribution is -0.127. The summed E-state index contributed by atoms with van der Waals surface area (Å²) in [5.74, 6) is 0.0245. The number of piperazine rings is 1. The summed E-state index contributed by atoms with van der Waals surface area (Å²) in [5.41, 5.74) is 0.993. The summed E-state index contributed by atoms with van der Waals surface area (Å²) in [6.07, 6.45) is 0. The van der Waals surface area contributed by atoms with Crippen LogP contribution in [0.5, 0.6) is 0 Å². The van der Waals surface area contributed by atoms with E-state index in [1.54, 1.807) is 7.05 Å². The van der Waals surface area contributed by atoms with Crippen LogP contribution in [-0.4, -0.2) is 43.5 Å². The van der Waals surface area contributed by atoms with Gasteiger partial charge in [0.2, 0.25) is 5.91 Å². The third-order valence-corrected chi connectivity index (χ3v) is 4.98. The summed E-state index contributed by atoms with van der Waals surface area (Å²) in [7, 11) is 1.66. The van der Waals surface area contributed by atoms with Gasteiger partial charge in [-0.2, -0.15) is 0 Å². The van der Waals surface area contributed by atoms with Crippen molar-refractivity contribution in [3.8, 4) is 0 Å². The van der Waals surface area contributed by atoms with Crippen LogP contribution in [0.25, 0.3) is 0 Å². The van der Waals surface area contributed by atoms with Gasteiger partial charge in [-0.1, -0.05) is 23.2 Å². The summed E-state index contributed by atoms with van der Waals surface area (Å²) in [6, 6.07) is 1.78. The van der Waals surface area contributed by atoms with Gasteiger partial charge in [-0.3, -0.25) is 9.69 Å². The average Bonchev–Trinajstić information content (AvgIpc) is 2.76. The molecule has 0 aliphatic carbocycles. The van der Waals surface area contributed by atoms with Crippen LogP contribution in [0.15, 0.2) is 6.07 Å². The number of thiophene rings is 1. The molecule has 1 saturated heterocycles. The second-order valence-electron chi connectivity index (χ2n) is 4.53. The highest BCUT2D eigenvalue weighted by molar-refractivity contribution is 7.20. The zero-order valence-electron chi connectivity index (χ0n) is 10.9. The molecule has 7 heteroatoms. The highest BCUT2D eigenvalue weighted by Crippen LogP contribution is 2.37. The molecule has 2 rings (SSSR count). The minimum Gasteiger partial charge on any atom is -0.358 e. The number of amides is 1. The Bertz CT molecular complexity index is 466. The fourth-order valence-electron chi connectivity index (χ4n) is 2.41. The van der Waals surface area contributed by atoms with E-state index in [1.165, 1.54) is 11.3 Å². The lowest BCUT2D eigenvalue weighted by Crippen LogP contribution is -2.57. The molecular formula is C12H17Cl2N3OS. The van der Waals surface area contributed by atoms with Crippen LogP contribution in [0.4, 0.5) is 0 Å². The highest BCUT2D eigenvalue weighted by atomic mass is 35.5. The molecule has 2 atom stereocenters. The van der Waals surface area contributed by atoms with E-state index in [0.29, 0.717) is 15.2 Å². The van der Waals surface area contributed by atoms with Gasteiger partial charge in [0.05, 0.1) is 8.67 Å². The Labute approximate surface area is 127 Å². The average molecular weight is 322 g/mol. The minimum atomic E-state index is -0.177. The molecule has 0 spiro atoms. The van der Waals surface area contributed by atoms with Crippen molar-refractivity contribution in [1.29, 1.82) is 0 Å². The normalized spacial score (nSPS) is 22.2. The molecule has 1 aromatic heterocycles. The molecule has 2 heterocycles. The first-order chi connectivity index (χ1) is 9.04. The number of nitrogens with one attached hydrogen (secondary N) is 2. The molecule has 0 saturated carbocycles. The van der Waals surface area contributed by atoms with Gasteiger partial charge in [0.1, 0.15) is 6.04 Å². The predicted octanol–water partition coefficient (Wildman–Crippen LogP) is 2.14. The third-order valence-electron chi connectivity index (χ3n) is 3.46. The number of halogens is 2. The van der Waals surface area contributed by atoms with Crippen molar-refractivity contribution in [2.24, 2.45) is 0 Å². The van der Waals surface area contributed by atoms with Crippen LogP contribution in [0.1, 0.15) is 18.5 Å². The van der Waals surface area contributed by atoms with Gasteiger partial charge in [-0.05, 0) is 13.0 Å². The zero-order chi connectivity index (χ0) is 14.0. The van der Waals surface area contributed by atoms with Gasteiger partial charge >= 0.3 is 0 Å². The maximum Gasteiger partial charge on any atom is 0.238 e. The zero-order valence-corrected chi connectivity index (χ0v) is 13.2. The van der Waals surface area contributed by atoms with Crippen LogP contribution < -0.4 is 10.6 Å². The standard InChI is InChI=1S/C12H17Cl2N3OS/c1-7(8-5-10(13)19-11(8)14)17-4-3-16-6-9(17)12(18)15-2/h5,7,9,16H,3-4,6H2,1-2H3,(H,15,18). The van der Waals surface area contributed by atoms with Crippen LogP contribution in [-0.2, 0) is 4.79 Å². The summed E-state index contributed by atoms with van der Waals surface area (Å²) in [6.45, 7) is 4.39. The second kappa shape index (κ2) is 6.41. The summed E-state index contributed by atoms with van der Waals surface area (Å²) < 4.78 is 1.38. The number of carbonyl (C=O) groups is 1. The number of hydrogen-bond acceptors (Lipinski definition) is 4. The van der Waals surface area contributed by atoms with Crippen molar-refractivity contribution in [1.82, 2.24) is 15.5 Å². The Balaban J connectivity index is 2.22. The number of rotatable bonds is 3. The largest absolute Gasteiger partial charge is 0.358 e. The summed E-state index contributed by atoms with van der Waals surface area (Å²) >= 11 is 13.6. The van der Waals surface area contributed by atoms with Gasteiger partial charge in [-0.25, -0.2) is 0 Å². The first-order valence-corrected chi connectivity index (χ1v) is 7.74. The monoisotopic (exact) mass is 321 g/mol. The van der Waals surface area contributed by atoms with E-state index < -0.39 is 0 Å². The molecule has 19 heavy (non-hydrogen) atoms. The van der Waals surface area contributed by atoms with Gasteiger partial charge in [0.15, 0.2) is 0 Å². The van der Waals surface area contributed by atoms with E-state index in [4.69, 9.17) is 23.2 Å². The molecule has 1 fully saturated rings. The fraction of sp³-hybridized carbons (Fsp3) is 0.583. The topological polar surface area (TPSA) is 44.4 Å². The molecule has 2 N–H and O–H groups in total. The third kappa shape index (κ3) is 3.23. The molecular weight excluding hydrogens is 305 g/mol. The number of likely N-dealkylation sites (N-methyl/N-ethyl adjacent to an activating group) is 1. The quantitative estimate of drug-likeness (QED) is 0.896. The molecule has 4 nitrogen and oxygen atoms in total. The molecule has 1 amide bonds. The molecule has 0 bridgehead atoms. The van der Waals surface area contributed by atoms with E-state index in [2.05, 4.69) is 22.5 Å². The molecule has 2 unspecified atom stereocenters. The fourth-order valence-corrected chi connectivity index (χ4v) is 4.04. The minimum absolute atomic E-state index is 0.0245. The van der Waals surface area contributed by atoms with E-state index in [1.807, 2.05) is 6.07 Å². The summed E-state index contributed by atoms with van der Waals surface area (Å²) in [4.78, 5) is 14.1. The maximum atomic E-state index is 12.0. The number of carbonyl (C=O) groups excluding carboxylic acids is 1. The SMILES string of the molecule is CNC(=O)C1CNCCN1C(C)c1cc(Cl)sc1Cl. The van der Waals surface area contributed by atoms with Crippen LogP contribution in [0.3, 0.4) is 0 Å². The highest BCUT2D eigenvalue weighted by Gasteiger charge is 2.32. The second-order valence-corrected chi connectivity index (χ2v) is 6.81. The van der Waals surface area contributed by atoms with Crippen molar-refractivity contribution in [3.05, 3.63) is 20.3 Å². The van der Waals surface area contributed by atoms with Crippen LogP contribution in [0.2, 0.25) is 8.67 Å². The maximum absolute atomic E-state index is 12.0. The van der Waals surface area contributed by atoms with Crippen LogP contribution in [0, 0.1) is 0 Å². The van der Waals surface area contributed by atoms with Crippen molar-refractivity contribution in [3.63, 3.8) is 0 Å². The lowest BCUT2D eigenvalue weighted by atomic mass is 10.1. The molecule has 1 aromatic rings. The smallest absolute Gasteiger partial charge is 0.238 e. The lowest BCUT2D eigenvalue weighted by Gasteiger charge is -2.39. The molecule has 0 radical (unpaired) electrons. The van der Waals surface area contributed by atoms with Crippen molar-refractivity contribution < 1.29 is 4.79 Å². The molecule has 0 aromatic carbocycles. The predicted molar refractivity (Wildman–Crippen MR) is 80.2 cm³/mol. The molecule has 1 aliphatic rings. The van der Waals surface area contributed by atoms with Crippen molar-refractivity contribution >= 4 is 40.4 Å². The Morgan fingerprint density at radius 3 is 2.95 bits per heavy atom. The number of hydrogen-bond donors (Lipinski definition) is 2. The molecule has 106 valence electrons. The Morgan fingerprint density at radius 2 is 2.37 bits per heavy atom. The Kier molecular flexibility index (Phi) is 5.09. The van der Waals surface area contributed by atoms with Crippen molar-refractivity contribution in [2.45, 2.75) is 19.0 Å². The summed E-state index contributed by atoms with van der Waals surface area (Å²) in [5, 5.41) is 5.96. The van der Waals surface area contributed by atoms with Crippen molar-refractivity contribution in [2.75, 3.05) is 26.7 Å². The number of nitrogens with zero attached hydrogens (tertiary/aromatic N) is 1. The van der Waals surface area contributed by atoms with Gasteiger partial charge in [0.25, 0.3) is 0 Å². The van der Waals surface area contributed by atoms with E-state index in [-0.39, 0.29) is 18.0 Å². The van der Waals surface area contributed by atoms with Gasteiger partial charge in [-0.15, -0.1) is 11.3 Å².